The molecule has 0 unspecified atom stereocenters. The van der Waals surface area contributed by atoms with Crippen LogP contribution in [0.2, 0.25) is 0 Å². The summed E-state index contributed by atoms with van der Waals surface area (Å²) in [5.74, 6) is 1.95. The summed E-state index contributed by atoms with van der Waals surface area (Å²) in [4.78, 5) is 15.0. The molecule has 2 aromatic heterocycles. The minimum absolute atomic E-state index is 0.648. The summed E-state index contributed by atoms with van der Waals surface area (Å²) < 4.78 is 2.59. The molecule has 0 bridgehead atoms. The van der Waals surface area contributed by atoms with Gasteiger partial charge >= 0.3 is 0 Å². The average molecular weight is 618 g/mol. The lowest BCUT2D eigenvalue weighted by atomic mass is 9.98. The molecular formula is C43H27N3S. The topological polar surface area (TPSA) is 38.7 Å². The van der Waals surface area contributed by atoms with Crippen LogP contribution in [0.25, 0.3) is 87.4 Å². The van der Waals surface area contributed by atoms with Crippen molar-refractivity contribution < 1.29 is 0 Å². The average Bonchev–Trinajstić information content (AvgIpc) is 3.54. The second-order valence-corrected chi connectivity index (χ2v) is 12.8. The maximum atomic E-state index is 5.06. The zero-order valence-corrected chi connectivity index (χ0v) is 26.2. The van der Waals surface area contributed by atoms with Crippen LogP contribution in [-0.2, 0) is 0 Å². The number of benzene rings is 7. The highest BCUT2D eigenvalue weighted by Crippen LogP contribution is 2.40. The zero-order valence-electron chi connectivity index (χ0n) is 25.3. The van der Waals surface area contributed by atoms with Gasteiger partial charge in [0.25, 0.3) is 0 Å². The van der Waals surface area contributed by atoms with Crippen LogP contribution < -0.4 is 0 Å². The number of hydrogen-bond donors (Lipinski definition) is 0. The molecule has 0 spiro atoms. The Balaban J connectivity index is 1.15. The van der Waals surface area contributed by atoms with Gasteiger partial charge in [0.15, 0.2) is 17.5 Å². The highest BCUT2D eigenvalue weighted by Gasteiger charge is 2.15. The summed E-state index contributed by atoms with van der Waals surface area (Å²) >= 11 is 1.84. The van der Waals surface area contributed by atoms with Crippen molar-refractivity contribution in [2.45, 2.75) is 0 Å². The third-order valence-corrected chi connectivity index (χ3v) is 9.86. The molecule has 4 heteroatoms. The van der Waals surface area contributed by atoms with E-state index < -0.39 is 0 Å². The van der Waals surface area contributed by atoms with Crippen molar-refractivity contribution >= 4 is 42.3 Å². The van der Waals surface area contributed by atoms with Crippen LogP contribution in [0.15, 0.2) is 164 Å². The first-order chi connectivity index (χ1) is 23.3. The van der Waals surface area contributed by atoms with E-state index in [-0.39, 0.29) is 0 Å². The van der Waals surface area contributed by atoms with E-state index in [1.165, 1.54) is 42.1 Å². The van der Waals surface area contributed by atoms with Gasteiger partial charge in [-0.3, -0.25) is 0 Å². The standard InChI is InChI=1S/C43H27N3S/c1-2-11-30(12-3-1)41-44-42(31-23-20-29(21-24-31)33-25-22-28-10-4-5-13-32(28)26-33)46-43(45-41)35-15-8-14-34(27-35)36-17-9-19-39-40(36)37-16-6-7-18-38(37)47-39/h1-27H. The number of thiophene rings is 1. The van der Waals surface area contributed by atoms with E-state index in [1.807, 2.05) is 41.7 Å². The van der Waals surface area contributed by atoms with Crippen molar-refractivity contribution in [3.63, 3.8) is 0 Å². The molecule has 0 aliphatic rings. The lowest BCUT2D eigenvalue weighted by Crippen LogP contribution is -2.00. The molecule has 0 atom stereocenters. The van der Waals surface area contributed by atoms with E-state index in [9.17, 15) is 0 Å². The van der Waals surface area contributed by atoms with Crippen LogP contribution >= 0.6 is 11.3 Å². The smallest absolute Gasteiger partial charge is 0.164 e. The van der Waals surface area contributed by atoms with E-state index >= 15 is 0 Å². The molecular weight excluding hydrogens is 591 g/mol. The van der Waals surface area contributed by atoms with Gasteiger partial charge in [-0.1, -0.05) is 140 Å². The second-order valence-electron chi connectivity index (χ2n) is 11.7. The van der Waals surface area contributed by atoms with Crippen molar-refractivity contribution in [1.29, 1.82) is 0 Å². The fourth-order valence-electron chi connectivity index (χ4n) is 6.37. The van der Waals surface area contributed by atoms with Crippen LogP contribution in [-0.4, -0.2) is 15.0 Å². The molecule has 0 aliphatic carbocycles. The Morgan fingerprint density at radius 2 is 0.915 bits per heavy atom. The van der Waals surface area contributed by atoms with Gasteiger partial charge in [0.1, 0.15) is 0 Å². The van der Waals surface area contributed by atoms with Crippen molar-refractivity contribution in [1.82, 2.24) is 15.0 Å². The van der Waals surface area contributed by atoms with Gasteiger partial charge in [-0.2, -0.15) is 0 Å². The van der Waals surface area contributed by atoms with Crippen LogP contribution in [0.3, 0.4) is 0 Å². The fourth-order valence-corrected chi connectivity index (χ4v) is 7.50. The zero-order chi connectivity index (χ0) is 31.2. The number of hydrogen-bond acceptors (Lipinski definition) is 4. The molecule has 0 saturated heterocycles. The molecule has 0 aliphatic heterocycles. The first-order valence-corrected chi connectivity index (χ1v) is 16.5. The summed E-state index contributed by atoms with van der Waals surface area (Å²) in [7, 11) is 0. The second kappa shape index (κ2) is 11.4. The number of fused-ring (bicyclic) bond motifs is 4. The number of rotatable bonds is 5. The molecule has 9 aromatic rings. The molecule has 220 valence electrons. The molecule has 9 rings (SSSR count). The minimum atomic E-state index is 0.648. The largest absolute Gasteiger partial charge is 0.208 e. The van der Waals surface area contributed by atoms with Gasteiger partial charge in [-0.15, -0.1) is 11.3 Å². The number of nitrogens with zero attached hydrogens (tertiary/aromatic N) is 3. The fraction of sp³-hybridized carbons (Fsp3) is 0. The Labute approximate surface area is 276 Å². The maximum absolute atomic E-state index is 5.06. The van der Waals surface area contributed by atoms with Crippen molar-refractivity contribution in [3.05, 3.63) is 164 Å². The molecule has 0 fully saturated rings. The van der Waals surface area contributed by atoms with Gasteiger partial charge in [0.05, 0.1) is 0 Å². The summed E-state index contributed by atoms with van der Waals surface area (Å²) in [6, 6.07) is 57.5. The summed E-state index contributed by atoms with van der Waals surface area (Å²) in [5.41, 5.74) is 7.54. The van der Waals surface area contributed by atoms with Crippen molar-refractivity contribution in [2.75, 3.05) is 0 Å². The monoisotopic (exact) mass is 617 g/mol. The molecule has 47 heavy (non-hydrogen) atoms. The summed E-state index contributed by atoms with van der Waals surface area (Å²) in [6.45, 7) is 0. The summed E-state index contributed by atoms with van der Waals surface area (Å²) in [6.07, 6.45) is 0. The number of aromatic nitrogens is 3. The van der Waals surface area contributed by atoms with Crippen LogP contribution in [0.4, 0.5) is 0 Å². The molecule has 3 nitrogen and oxygen atoms in total. The van der Waals surface area contributed by atoms with E-state index in [1.54, 1.807) is 0 Å². The Kier molecular flexibility index (Phi) is 6.65. The predicted molar refractivity (Wildman–Crippen MR) is 197 cm³/mol. The predicted octanol–water partition coefficient (Wildman–Crippen LogP) is 11.7. The van der Waals surface area contributed by atoms with Crippen LogP contribution in [0.1, 0.15) is 0 Å². The van der Waals surface area contributed by atoms with Gasteiger partial charge in [0, 0.05) is 36.9 Å². The Morgan fingerprint density at radius 3 is 1.74 bits per heavy atom. The Morgan fingerprint density at radius 1 is 0.340 bits per heavy atom. The molecule has 0 radical (unpaired) electrons. The van der Waals surface area contributed by atoms with E-state index in [0.717, 1.165) is 27.8 Å². The molecule has 0 saturated carbocycles. The SMILES string of the molecule is c1ccc(-c2nc(-c3ccc(-c4ccc5ccccc5c4)cc3)nc(-c3cccc(-c4cccc5sc6ccccc6c45)c3)n2)cc1. The summed E-state index contributed by atoms with van der Waals surface area (Å²) in [5, 5.41) is 5.05. The van der Waals surface area contributed by atoms with Crippen molar-refractivity contribution in [2.24, 2.45) is 0 Å². The minimum Gasteiger partial charge on any atom is -0.208 e. The van der Waals surface area contributed by atoms with Crippen LogP contribution in [0.5, 0.6) is 0 Å². The normalized spacial score (nSPS) is 11.4. The first kappa shape index (κ1) is 27.3. The van der Waals surface area contributed by atoms with Gasteiger partial charge in [-0.25, -0.2) is 15.0 Å². The molecule has 0 N–H and O–H groups in total. The van der Waals surface area contributed by atoms with E-state index in [0.29, 0.717) is 17.5 Å². The quantitative estimate of drug-likeness (QED) is 0.193. The Bertz CT molecular complexity index is 2570. The third kappa shape index (κ3) is 5.05. The maximum Gasteiger partial charge on any atom is 0.164 e. The van der Waals surface area contributed by atoms with Gasteiger partial charge in [0.2, 0.25) is 0 Å². The highest BCUT2D eigenvalue weighted by atomic mass is 32.1. The molecule has 7 aromatic carbocycles. The molecule has 2 heterocycles. The Hall–Kier alpha value is -5.97. The van der Waals surface area contributed by atoms with Gasteiger partial charge < -0.3 is 0 Å². The van der Waals surface area contributed by atoms with Crippen LogP contribution in [0, 0.1) is 0 Å². The van der Waals surface area contributed by atoms with E-state index in [4.69, 9.17) is 15.0 Å². The lowest BCUT2D eigenvalue weighted by molar-refractivity contribution is 1.07. The highest BCUT2D eigenvalue weighted by molar-refractivity contribution is 7.25. The van der Waals surface area contributed by atoms with E-state index in [2.05, 4.69) is 133 Å². The van der Waals surface area contributed by atoms with Gasteiger partial charge in [-0.05, 0) is 57.3 Å². The van der Waals surface area contributed by atoms with Crippen molar-refractivity contribution in [3.8, 4) is 56.4 Å². The first-order valence-electron chi connectivity index (χ1n) is 15.7. The lowest BCUT2D eigenvalue weighted by Gasteiger charge is -2.11. The third-order valence-electron chi connectivity index (χ3n) is 8.73. The molecule has 0 amide bonds.